The van der Waals surface area contributed by atoms with Crippen LogP contribution in [-0.4, -0.2) is 9.97 Å². The highest BCUT2D eigenvalue weighted by atomic mass is 15.0. The van der Waals surface area contributed by atoms with Crippen molar-refractivity contribution in [1.29, 1.82) is 5.26 Å². The summed E-state index contributed by atoms with van der Waals surface area (Å²) < 4.78 is 0. The minimum Gasteiger partial charge on any atom is -0.396 e. The maximum absolute atomic E-state index is 8.84. The zero-order chi connectivity index (χ0) is 13.0. The molecular weight excluding hydrogens is 226 g/mol. The number of rotatable bonds is 3. The van der Waals surface area contributed by atoms with E-state index in [0.29, 0.717) is 18.1 Å². The minimum absolute atomic E-state index is 0.234. The van der Waals surface area contributed by atoms with E-state index < -0.39 is 0 Å². The zero-order valence-electron chi connectivity index (χ0n) is 10.0. The molecule has 0 spiro atoms. The van der Waals surface area contributed by atoms with Gasteiger partial charge in [0, 0.05) is 6.20 Å². The topological polar surface area (TPSA) is 87.6 Å². The molecule has 0 bridgehead atoms. The Bertz CT molecular complexity index is 601. The van der Waals surface area contributed by atoms with E-state index in [1.54, 1.807) is 18.3 Å². The Balaban J connectivity index is 2.12. The lowest BCUT2D eigenvalue weighted by Gasteiger charge is -2.08. The Morgan fingerprint density at radius 3 is 2.94 bits per heavy atom. The van der Waals surface area contributed by atoms with Crippen molar-refractivity contribution in [3.63, 3.8) is 0 Å². The number of nitrogens with one attached hydrogen (secondary N) is 1. The highest BCUT2D eigenvalue weighted by molar-refractivity contribution is 5.54. The third-order valence-corrected chi connectivity index (χ3v) is 2.59. The first-order valence-corrected chi connectivity index (χ1v) is 5.51. The average Bonchev–Trinajstić information content (AvgIpc) is 2.39. The molecule has 0 aliphatic carbocycles. The fraction of sp³-hybridized carbons (Fsp3) is 0.154. The molecule has 0 radical (unpaired) electrons. The molecule has 0 amide bonds. The first-order valence-electron chi connectivity index (χ1n) is 5.51. The van der Waals surface area contributed by atoms with E-state index in [1.165, 1.54) is 0 Å². The van der Waals surface area contributed by atoms with Gasteiger partial charge in [0.2, 0.25) is 0 Å². The zero-order valence-corrected chi connectivity index (χ0v) is 10.0. The van der Waals surface area contributed by atoms with Gasteiger partial charge < -0.3 is 11.1 Å². The third-order valence-electron chi connectivity index (χ3n) is 2.59. The lowest BCUT2D eigenvalue weighted by Crippen LogP contribution is -2.06. The van der Waals surface area contributed by atoms with Crippen molar-refractivity contribution >= 4 is 11.5 Å². The van der Waals surface area contributed by atoms with Crippen molar-refractivity contribution in [2.75, 3.05) is 11.1 Å². The van der Waals surface area contributed by atoms with Crippen LogP contribution in [0.15, 0.2) is 30.5 Å². The number of pyridine rings is 2. The van der Waals surface area contributed by atoms with E-state index in [0.717, 1.165) is 11.3 Å². The third kappa shape index (κ3) is 2.55. The Morgan fingerprint density at radius 2 is 2.22 bits per heavy atom. The molecule has 0 saturated carbocycles. The van der Waals surface area contributed by atoms with E-state index >= 15 is 0 Å². The summed E-state index contributed by atoms with van der Waals surface area (Å²) in [6, 6.07) is 9.26. The number of nitrogens with zero attached hydrogens (tertiary/aromatic N) is 3. The van der Waals surface area contributed by atoms with Crippen molar-refractivity contribution in [3.05, 3.63) is 47.4 Å². The second-order valence-corrected chi connectivity index (χ2v) is 3.87. The Morgan fingerprint density at radius 1 is 1.39 bits per heavy atom. The molecule has 0 aliphatic heterocycles. The van der Waals surface area contributed by atoms with Gasteiger partial charge in [0.15, 0.2) is 5.69 Å². The van der Waals surface area contributed by atoms with Gasteiger partial charge in [-0.2, -0.15) is 5.26 Å². The van der Waals surface area contributed by atoms with E-state index in [2.05, 4.69) is 15.3 Å². The van der Waals surface area contributed by atoms with Gasteiger partial charge in [0.05, 0.1) is 17.9 Å². The molecule has 0 aliphatic rings. The van der Waals surface area contributed by atoms with Gasteiger partial charge in [-0.05, 0) is 30.7 Å². The smallest absolute Gasteiger partial charge is 0.165 e. The molecule has 5 heteroatoms. The summed E-state index contributed by atoms with van der Waals surface area (Å²) in [4.78, 5) is 8.38. The van der Waals surface area contributed by atoms with Crippen LogP contribution in [0.2, 0.25) is 0 Å². The summed E-state index contributed by atoms with van der Waals surface area (Å²) in [6.45, 7) is 2.57. The molecule has 2 heterocycles. The predicted octanol–water partition coefficient (Wildman–Crippen LogP) is 1.85. The number of nitrogens with two attached hydrogens (primary N) is 1. The van der Waals surface area contributed by atoms with Crippen molar-refractivity contribution in [2.45, 2.75) is 13.5 Å². The summed E-state index contributed by atoms with van der Waals surface area (Å²) >= 11 is 0. The monoisotopic (exact) mass is 239 g/mol. The first-order chi connectivity index (χ1) is 8.70. The highest BCUT2D eigenvalue weighted by Gasteiger charge is 2.03. The quantitative estimate of drug-likeness (QED) is 0.853. The fourth-order valence-electron chi connectivity index (χ4n) is 1.54. The standard InChI is InChI=1S/C13H13N5/c1-9-3-2-6-16-12(9)8-17-13-5-4-10(15)11(7-14)18-13/h2-6H,8,15H2,1H3,(H,17,18). The molecule has 2 aromatic rings. The van der Waals surface area contributed by atoms with Crippen LogP contribution in [0.5, 0.6) is 0 Å². The normalized spacial score (nSPS) is 9.78. The summed E-state index contributed by atoms with van der Waals surface area (Å²) in [5, 5.41) is 12.0. The molecule has 3 N–H and O–H groups in total. The van der Waals surface area contributed by atoms with Crippen LogP contribution in [0.1, 0.15) is 17.0 Å². The Hall–Kier alpha value is -2.61. The van der Waals surface area contributed by atoms with E-state index in [4.69, 9.17) is 11.0 Å². The first kappa shape index (κ1) is 11.9. The number of anilines is 2. The molecule has 5 nitrogen and oxygen atoms in total. The summed E-state index contributed by atoms with van der Waals surface area (Å²) in [5.74, 6) is 0.616. The number of nitriles is 1. The van der Waals surface area contributed by atoms with Crippen LogP contribution < -0.4 is 11.1 Å². The van der Waals surface area contributed by atoms with Crippen LogP contribution >= 0.6 is 0 Å². The number of hydrogen-bond acceptors (Lipinski definition) is 5. The van der Waals surface area contributed by atoms with Crippen LogP contribution in [-0.2, 0) is 6.54 Å². The van der Waals surface area contributed by atoms with Crippen LogP contribution in [0.4, 0.5) is 11.5 Å². The second-order valence-electron chi connectivity index (χ2n) is 3.87. The van der Waals surface area contributed by atoms with Crippen molar-refractivity contribution in [2.24, 2.45) is 0 Å². The molecule has 0 saturated heterocycles. The minimum atomic E-state index is 0.234. The molecule has 0 unspecified atom stereocenters. The molecule has 0 atom stereocenters. The summed E-state index contributed by atoms with van der Waals surface area (Å²) in [7, 11) is 0. The fourth-order valence-corrected chi connectivity index (χ4v) is 1.54. The largest absolute Gasteiger partial charge is 0.396 e. The van der Waals surface area contributed by atoms with Gasteiger partial charge in [0.1, 0.15) is 11.9 Å². The Labute approximate surface area is 105 Å². The number of hydrogen-bond donors (Lipinski definition) is 2. The number of nitrogen functional groups attached to an aromatic ring is 1. The molecule has 0 aromatic carbocycles. The predicted molar refractivity (Wildman–Crippen MR) is 69.7 cm³/mol. The maximum atomic E-state index is 8.84. The summed E-state index contributed by atoms with van der Waals surface area (Å²) in [6.07, 6.45) is 1.75. The second kappa shape index (κ2) is 5.15. The van der Waals surface area contributed by atoms with Gasteiger partial charge >= 0.3 is 0 Å². The van der Waals surface area contributed by atoms with Gasteiger partial charge in [-0.1, -0.05) is 6.07 Å². The van der Waals surface area contributed by atoms with Gasteiger partial charge in [-0.3, -0.25) is 4.98 Å². The number of aromatic nitrogens is 2. The van der Waals surface area contributed by atoms with Crippen LogP contribution in [0.3, 0.4) is 0 Å². The molecule has 0 fully saturated rings. The van der Waals surface area contributed by atoms with Crippen molar-refractivity contribution < 1.29 is 0 Å². The van der Waals surface area contributed by atoms with Crippen molar-refractivity contribution in [1.82, 2.24) is 9.97 Å². The van der Waals surface area contributed by atoms with Gasteiger partial charge in [0.25, 0.3) is 0 Å². The van der Waals surface area contributed by atoms with Crippen LogP contribution in [0, 0.1) is 18.3 Å². The average molecular weight is 239 g/mol. The van der Waals surface area contributed by atoms with Gasteiger partial charge in [-0.15, -0.1) is 0 Å². The highest BCUT2D eigenvalue weighted by Crippen LogP contribution is 2.13. The van der Waals surface area contributed by atoms with Crippen LogP contribution in [0.25, 0.3) is 0 Å². The summed E-state index contributed by atoms with van der Waals surface area (Å²) in [5.41, 5.74) is 8.29. The lowest BCUT2D eigenvalue weighted by molar-refractivity contribution is 1.00. The molecular formula is C13H13N5. The molecule has 90 valence electrons. The SMILES string of the molecule is Cc1cccnc1CNc1ccc(N)c(C#N)n1. The lowest BCUT2D eigenvalue weighted by atomic mass is 10.2. The number of aryl methyl sites for hydroxylation is 1. The Kier molecular flexibility index (Phi) is 3.39. The van der Waals surface area contributed by atoms with Crippen molar-refractivity contribution in [3.8, 4) is 6.07 Å². The van der Waals surface area contributed by atoms with E-state index in [1.807, 2.05) is 25.1 Å². The van der Waals surface area contributed by atoms with Gasteiger partial charge in [-0.25, -0.2) is 4.98 Å². The maximum Gasteiger partial charge on any atom is 0.165 e. The molecule has 2 rings (SSSR count). The molecule has 2 aromatic heterocycles. The molecule has 18 heavy (non-hydrogen) atoms. The van der Waals surface area contributed by atoms with E-state index in [-0.39, 0.29) is 5.69 Å². The van der Waals surface area contributed by atoms with E-state index in [9.17, 15) is 0 Å².